The van der Waals surface area contributed by atoms with Crippen LogP contribution in [0.4, 0.5) is 0 Å². The van der Waals surface area contributed by atoms with E-state index in [1.807, 2.05) is 72.8 Å². The number of allylic oxidation sites excluding steroid dienone is 2. The third-order valence-corrected chi connectivity index (χ3v) is 2.84. The maximum Gasteiger partial charge on any atom is 0.338 e. The summed E-state index contributed by atoms with van der Waals surface area (Å²) in [6.45, 7) is 0. The summed E-state index contributed by atoms with van der Waals surface area (Å²) in [6.07, 6.45) is 5.58. The van der Waals surface area contributed by atoms with Crippen LogP contribution in [0, 0.1) is 0 Å². The third kappa shape index (κ3) is 3.69. The minimum atomic E-state index is -0.339. The highest BCUT2D eigenvalue weighted by molar-refractivity contribution is 6.16. The zero-order valence-electron chi connectivity index (χ0n) is 11.3. The van der Waals surface area contributed by atoms with E-state index in [-0.39, 0.29) is 5.97 Å². The smallest absolute Gasteiger partial charge is 0.338 e. The second-order valence-electron chi connectivity index (χ2n) is 4.21. The molecule has 2 aromatic carbocycles. The number of hydrogen-bond donors (Lipinski definition) is 0. The molecule has 0 aromatic heterocycles. The van der Waals surface area contributed by atoms with Gasteiger partial charge in [-0.25, -0.2) is 4.79 Å². The van der Waals surface area contributed by atoms with Gasteiger partial charge in [0.15, 0.2) is 0 Å². The number of rotatable bonds is 4. The number of esters is 1. The molecule has 0 amide bonds. The lowest BCUT2D eigenvalue weighted by Gasteiger charge is -2.04. The molecule has 2 heteroatoms. The monoisotopic (exact) mass is 264 g/mol. The molecule has 20 heavy (non-hydrogen) atoms. The molecule has 2 rings (SSSR count). The van der Waals surface area contributed by atoms with Gasteiger partial charge in [-0.2, -0.15) is 0 Å². The Morgan fingerprint density at radius 1 is 0.950 bits per heavy atom. The number of carbonyl (C=O) groups excluding carboxylic acids is 1. The van der Waals surface area contributed by atoms with Crippen molar-refractivity contribution in [3.05, 3.63) is 83.9 Å². The molecule has 2 nitrogen and oxygen atoms in total. The summed E-state index contributed by atoms with van der Waals surface area (Å²) >= 11 is 0. The van der Waals surface area contributed by atoms with Crippen molar-refractivity contribution in [3.63, 3.8) is 0 Å². The molecular formula is C18H16O2. The van der Waals surface area contributed by atoms with Crippen molar-refractivity contribution in [1.29, 1.82) is 0 Å². The molecule has 0 spiro atoms. The second kappa shape index (κ2) is 7.10. The SMILES string of the molecule is COC(=O)/C(=C/C=C/c1ccccc1)c1ccccc1. The van der Waals surface area contributed by atoms with E-state index in [0.29, 0.717) is 5.57 Å². The fourth-order valence-corrected chi connectivity index (χ4v) is 1.83. The Balaban J connectivity index is 2.26. The molecule has 0 saturated heterocycles. The van der Waals surface area contributed by atoms with Crippen LogP contribution in [-0.2, 0) is 9.53 Å². The summed E-state index contributed by atoms with van der Waals surface area (Å²) in [6, 6.07) is 19.4. The summed E-state index contributed by atoms with van der Waals surface area (Å²) < 4.78 is 4.83. The van der Waals surface area contributed by atoms with Gasteiger partial charge < -0.3 is 4.74 Å². The van der Waals surface area contributed by atoms with Crippen molar-refractivity contribution < 1.29 is 9.53 Å². The van der Waals surface area contributed by atoms with Crippen LogP contribution in [0.3, 0.4) is 0 Å². The van der Waals surface area contributed by atoms with Gasteiger partial charge in [0.05, 0.1) is 12.7 Å². The molecule has 0 heterocycles. The van der Waals surface area contributed by atoms with Gasteiger partial charge in [-0.05, 0) is 17.2 Å². The fraction of sp³-hybridized carbons (Fsp3) is 0.0556. The van der Waals surface area contributed by atoms with Crippen LogP contribution in [0.1, 0.15) is 11.1 Å². The zero-order chi connectivity index (χ0) is 14.2. The van der Waals surface area contributed by atoms with Crippen LogP contribution < -0.4 is 0 Å². The standard InChI is InChI=1S/C18H16O2/c1-20-18(19)17(16-12-6-3-7-13-16)14-8-11-15-9-4-2-5-10-15/h2-14H,1H3/b11-8+,17-14+. The average molecular weight is 264 g/mol. The minimum Gasteiger partial charge on any atom is -0.465 e. The Kier molecular flexibility index (Phi) is 4.90. The maximum absolute atomic E-state index is 11.8. The van der Waals surface area contributed by atoms with Crippen molar-refractivity contribution in [2.75, 3.05) is 7.11 Å². The summed E-state index contributed by atoms with van der Waals surface area (Å²) in [5.74, 6) is -0.339. The number of ether oxygens (including phenoxy) is 1. The predicted octanol–water partition coefficient (Wildman–Crippen LogP) is 3.96. The lowest BCUT2D eigenvalue weighted by atomic mass is 10.1. The quantitative estimate of drug-likeness (QED) is 0.474. The van der Waals surface area contributed by atoms with Gasteiger partial charge in [-0.1, -0.05) is 72.8 Å². The van der Waals surface area contributed by atoms with Gasteiger partial charge in [0.25, 0.3) is 0 Å². The highest BCUT2D eigenvalue weighted by Crippen LogP contribution is 2.16. The molecule has 0 saturated carbocycles. The Labute approximate surface area is 119 Å². The first-order chi connectivity index (χ1) is 9.81. The van der Waals surface area contributed by atoms with Crippen molar-refractivity contribution in [2.45, 2.75) is 0 Å². The number of benzene rings is 2. The molecule has 0 aliphatic rings. The Morgan fingerprint density at radius 2 is 1.55 bits per heavy atom. The molecule has 0 unspecified atom stereocenters. The van der Waals surface area contributed by atoms with Gasteiger partial charge in [-0.15, -0.1) is 0 Å². The molecule has 0 aliphatic heterocycles. The summed E-state index contributed by atoms with van der Waals surface area (Å²) in [5.41, 5.74) is 2.47. The van der Waals surface area contributed by atoms with Gasteiger partial charge in [0.1, 0.15) is 0 Å². The van der Waals surface area contributed by atoms with Crippen LogP contribution in [0.5, 0.6) is 0 Å². The van der Waals surface area contributed by atoms with E-state index in [2.05, 4.69) is 0 Å². The molecule has 0 fully saturated rings. The number of hydrogen-bond acceptors (Lipinski definition) is 2. The van der Waals surface area contributed by atoms with Crippen LogP contribution >= 0.6 is 0 Å². The lowest BCUT2D eigenvalue weighted by Crippen LogP contribution is -2.03. The van der Waals surface area contributed by atoms with Crippen LogP contribution in [0.25, 0.3) is 11.6 Å². The summed E-state index contributed by atoms with van der Waals surface area (Å²) in [7, 11) is 1.39. The molecule has 100 valence electrons. The van der Waals surface area contributed by atoms with Crippen LogP contribution in [0.2, 0.25) is 0 Å². The van der Waals surface area contributed by atoms with Crippen molar-refractivity contribution in [1.82, 2.24) is 0 Å². The fourth-order valence-electron chi connectivity index (χ4n) is 1.83. The van der Waals surface area contributed by atoms with Crippen LogP contribution in [0.15, 0.2) is 72.8 Å². The topological polar surface area (TPSA) is 26.3 Å². The first-order valence-corrected chi connectivity index (χ1v) is 6.38. The summed E-state index contributed by atoms with van der Waals surface area (Å²) in [4.78, 5) is 11.8. The maximum atomic E-state index is 11.8. The highest BCUT2D eigenvalue weighted by Gasteiger charge is 2.10. The Bertz CT molecular complexity index is 610. The van der Waals surface area contributed by atoms with E-state index >= 15 is 0 Å². The van der Waals surface area contributed by atoms with E-state index in [4.69, 9.17) is 4.74 Å². The molecule has 0 N–H and O–H groups in total. The molecular weight excluding hydrogens is 248 g/mol. The minimum absolute atomic E-state index is 0.339. The van der Waals surface area contributed by atoms with Crippen molar-refractivity contribution in [3.8, 4) is 0 Å². The average Bonchev–Trinajstić information content (AvgIpc) is 2.53. The van der Waals surface area contributed by atoms with Crippen molar-refractivity contribution >= 4 is 17.6 Å². The molecule has 0 atom stereocenters. The van der Waals surface area contributed by atoms with E-state index in [9.17, 15) is 4.79 Å². The van der Waals surface area contributed by atoms with E-state index in [1.54, 1.807) is 6.08 Å². The first-order valence-electron chi connectivity index (χ1n) is 6.38. The largest absolute Gasteiger partial charge is 0.465 e. The normalized spacial score (nSPS) is 11.6. The highest BCUT2D eigenvalue weighted by atomic mass is 16.5. The van der Waals surface area contributed by atoms with E-state index < -0.39 is 0 Å². The number of carbonyl (C=O) groups is 1. The van der Waals surface area contributed by atoms with E-state index in [1.165, 1.54) is 7.11 Å². The van der Waals surface area contributed by atoms with Crippen LogP contribution in [-0.4, -0.2) is 13.1 Å². The van der Waals surface area contributed by atoms with Crippen molar-refractivity contribution in [2.24, 2.45) is 0 Å². The van der Waals surface area contributed by atoms with Gasteiger partial charge in [-0.3, -0.25) is 0 Å². The third-order valence-electron chi connectivity index (χ3n) is 2.84. The summed E-state index contributed by atoms with van der Waals surface area (Å²) in [5, 5.41) is 0. The van der Waals surface area contributed by atoms with E-state index in [0.717, 1.165) is 11.1 Å². The number of methoxy groups -OCH3 is 1. The van der Waals surface area contributed by atoms with Gasteiger partial charge in [0.2, 0.25) is 0 Å². The van der Waals surface area contributed by atoms with Gasteiger partial charge in [0, 0.05) is 0 Å². The predicted molar refractivity (Wildman–Crippen MR) is 81.9 cm³/mol. The van der Waals surface area contributed by atoms with Gasteiger partial charge >= 0.3 is 5.97 Å². The Hall–Kier alpha value is -2.61. The first kappa shape index (κ1) is 13.8. The molecule has 0 radical (unpaired) electrons. The zero-order valence-corrected chi connectivity index (χ0v) is 11.3. The molecule has 2 aromatic rings. The molecule has 0 aliphatic carbocycles. The second-order valence-corrected chi connectivity index (χ2v) is 4.21. The molecule has 0 bridgehead atoms. The Morgan fingerprint density at radius 3 is 2.15 bits per heavy atom. The lowest BCUT2D eigenvalue weighted by molar-refractivity contribution is -0.133.